The Morgan fingerprint density at radius 3 is 1.09 bits per heavy atom. The second-order valence-corrected chi connectivity index (χ2v) is 33.5. The first-order valence-corrected chi connectivity index (χ1v) is 42.6. The molecule has 17 nitrogen and oxygen atoms in total. The average Bonchev–Trinajstić information content (AvgIpc) is 1.74. The van der Waals surface area contributed by atoms with Crippen molar-refractivity contribution < 1.29 is 81.6 Å². The smallest absolute Gasteiger partial charge is 0.416 e. The lowest BCUT2D eigenvalue weighted by Gasteiger charge is -2.32. The van der Waals surface area contributed by atoms with Gasteiger partial charge in [0.1, 0.15) is 0 Å². The van der Waals surface area contributed by atoms with Crippen LogP contribution < -0.4 is 11.1 Å². The number of nitro groups is 3. The SMILES string of the molecule is C.CB(O)N1CC=C(c2cc([N+](=O)[O-])cc(C(F)(F)F)c2)CC1.CC#CC#CC#CC#CC#CC#CC#CC#CC#CC#CC#CC#CC#CC#CC#CC.CCOC1(O[Si](C)(C)C)CC1.Nc1cc(C2CCN(C3CC3)CC2)cc(C(F)(F)F)c1.O=[N+]([O-])c1cc(C2=CCN(C3CC3)CC2)cc(C(F)(F)F)c1.O=[N+]([O-])c1cc(C2=CCNCC2)cc(C(F)(F)F)c1. The minimum atomic E-state index is -4.64. The number of nitrogens with one attached hydrogen (secondary N) is 1. The van der Waals surface area contributed by atoms with E-state index in [-0.39, 0.29) is 35.9 Å². The maximum Gasteiger partial charge on any atom is 0.416 e. The van der Waals surface area contributed by atoms with Gasteiger partial charge in [0, 0.05) is 171 Å². The first-order valence-electron chi connectivity index (χ1n) is 39.2. The molecule has 7 aliphatic rings. The van der Waals surface area contributed by atoms with Gasteiger partial charge < -0.3 is 34.9 Å². The molecule has 4 fully saturated rings. The van der Waals surface area contributed by atoms with Crippen molar-refractivity contribution in [1.82, 2.24) is 19.9 Å². The van der Waals surface area contributed by atoms with E-state index in [9.17, 15) is 88.1 Å². The quantitative estimate of drug-likeness (QED) is 0.0204. The van der Waals surface area contributed by atoms with E-state index >= 15 is 0 Å². The van der Waals surface area contributed by atoms with E-state index in [1.54, 1.807) is 43.7 Å². The summed E-state index contributed by atoms with van der Waals surface area (Å²) >= 11 is 0. The zero-order valence-electron chi connectivity index (χ0n) is 69.6. The number of halogens is 12. The number of benzene rings is 4. The summed E-state index contributed by atoms with van der Waals surface area (Å²) in [4.78, 5) is 36.5. The topological polar surface area (TPSA) is 216 Å². The zero-order chi connectivity index (χ0) is 92.5. The minimum Gasteiger partial charge on any atom is -0.437 e. The lowest BCUT2D eigenvalue weighted by molar-refractivity contribution is -0.385. The number of nitrogens with zero attached hydrogens (tertiary/aromatic N) is 6. The molecule has 31 heteroatoms. The van der Waals surface area contributed by atoms with Crippen LogP contribution in [0.5, 0.6) is 0 Å². The van der Waals surface area contributed by atoms with Crippen molar-refractivity contribution in [3.05, 3.63) is 166 Å². The number of non-ortho nitro benzene ring substituents is 3. The minimum absolute atomic E-state index is 0. The molecule has 4 aliphatic heterocycles. The van der Waals surface area contributed by atoms with Crippen LogP contribution in [0.2, 0.25) is 26.5 Å². The molecule has 0 atom stereocenters. The lowest BCUT2D eigenvalue weighted by Crippen LogP contribution is -2.39. The van der Waals surface area contributed by atoms with Gasteiger partial charge in [-0.05, 0) is 307 Å². The first-order chi connectivity index (χ1) is 59.7. The van der Waals surface area contributed by atoms with E-state index in [4.69, 9.17) is 14.9 Å². The molecule has 4 aromatic carbocycles. The molecule has 11 rings (SSSR count). The van der Waals surface area contributed by atoms with Gasteiger partial charge in [-0.15, -0.1) is 0 Å². The largest absolute Gasteiger partial charge is 0.437 e. The molecule has 3 aliphatic carbocycles. The molecule has 1 saturated heterocycles. The number of nitrogen functional groups attached to an aromatic ring is 1. The summed E-state index contributed by atoms with van der Waals surface area (Å²) in [7, 11) is -2.04. The van der Waals surface area contributed by atoms with Crippen LogP contribution in [0.3, 0.4) is 0 Å². The number of nitro benzene ring substituents is 3. The van der Waals surface area contributed by atoms with Crippen LogP contribution in [0.4, 0.5) is 75.4 Å². The standard InChI is InChI=1S/C32H6.C15H15F3N2O2.C15H19F3N2.C13H14BF3N2O3.C12H11F3N2O2.C8H18O2Si.CH4/c1-3-5-7-9-11-13-15-17-19-21-23-25-27-29-31-32-30-28-26-24-22-20-18-16-14-12-10-8-6-4-2;16-15(17,18)12-7-11(8-14(9-12)20(21)22)10-3-5-19(6-4-10)13-1-2-13;16-15(17,18)12-7-11(8-13(19)9-12)10-3-5-20(6-4-10)14-1-2-14;1-14(20)18-4-2-9(3-5-18)10-6-11(13(15,16)17)8-12(7-10)19(21)22;13-12(14,15)10-5-9(6-11(7-10)17(18)19)8-1-3-16-4-2-8;1-5-9-8(6-7-8)10-11(2,3)4;/h1-2H3;3,7-9,13H,1-2,4-6H2;7-10,14H,1-6,19H2;2,6-8,20H,3-5H2,1H3;1,5-7,16H,2-4H2;5-7H2,1-4H3;1H4. The van der Waals surface area contributed by atoms with Gasteiger partial charge in [-0.25, -0.2) is 0 Å². The van der Waals surface area contributed by atoms with Gasteiger partial charge in [-0.2, -0.15) is 52.7 Å². The lowest BCUT2D eigenvalue weighted by atomic mass is 9.82. The van der Waals surface area contributed by atoms with Crippen LogP contribution in [0, 0.1) is 208 Å². The molecule has 127 heavy (non-hydrogen) atoms. The fourth-order valence-electron chi connectivity index (χ4n) is 12.3. The number of hydrogen-bond donors (Lipinski definition) is 3. The molecule has 4 aromatic rings. The number of likely N-dealkylation sites (tertiary alicyclic amines) is 1. The van der Waals surface area contributed by atoms with Crippen LogP contribution in [0.15, 0.2) is 91.0 Å². The number of anilines is 1. The van der Waals surface area contributed by atoms with E-state index in [2.05, 4.69) is 212 Å². The van der Waals surface area contributed by atoms with Gasteiger partial charge >= 0.3 is 31.8 Å². The molecule has 0 spiro atoms. The van der Waals surface area contributed by atoms with Crippen LogP contribution in [0.1, 0.15) is 149 Å². The highest BCUT2D eigenvalue weighted by Gasteiger charge is 2.48. The third-order valence-electron chi connectivity index (χ3n) is 18.5. The number of hydrogen-bond acceptors (Lipinski definition) is 14. The predicted octanol–water partition coefficient (Wildman–Crippen LogP) is 17.4. The Kier molecular flexibility index (Phi) is 42.0. The van der Waals surface area contributed by atoms with E-state index < -0.39 is 94.2 Å². The van der Waals surface area contributed by atoms with E-state index in [0.717, 1.165) is 99.4 Å². The van der Waals surface area contributed by atoms with E-state index in [1.165, 1.54) is 43.9 Å². The maximum atomic E-state index is 12.9. The molecule has 0 amide bonds. The highest BCUT2D eigenvalue weighted by Crippen LogP contribution is 2.44. The molecule has 4 heterocycles. The van der Waals surface area contributed by atoms with Gasteiger partial charge in [0.2, 0.25) is 0 Å². The summed E-state index contributed by atoms with van der Waals surface area (Å²) in [6.45, 7) is 19.9. The Hall–Kier alpha value is -13.3. The van der Waals surface area contributed by atoms with Crippen molar-refractivity contribution in [1.29, 1.82) is 0 Å². The second-order valence-electron chi connectivity index (χ2n) is 29.1. The zero-order valence-corrected chi connectivity index (χ0v) is 70.6. The molecular weight excluding hydrogens is 1680 g/mol. The fourth-order valence-corrected chi connectivity index (χ4v) is 13.7. The Balaban J connectivity index is 0.000000275. The third kappa shape index (κ3) is 39.6. The fraction of sp³-hybridized carbons (Fsp3) is 0.375. The Morgan fingerprint density at radius 1 is 0.472 bits per heavy atom. The monoisotopic (exact) mass is 1760 g/mol. The molecular formula is C96H87BF12N8O9Si. The maximum absolute atomic E-state index is 12.9. The van der Waals surface area contributed by atoms with Crippen LogP contribution in [-0.2, 0) is 33.9 Å². The van der Waals surface area contributed by atoms with Gasteiger partial charge in [0.25, 0.3) is 17.1 Å². The summed E-state index contributed by atoms with van der Waals surface area (Å²) in [5.41, 5.74) is 4.18. The van der Waals surface area contributed by atoms with Gasteiger partial charge in [0.05, 0.1) is 37.0 Å². The average molecular weight is 1760 g/mol. The van der Waals surface area contributed by atoms with Gasteiger partial charge in [-0.1, -0.05) is 37.5 Å². The molecule has 0 bridgehead atoms. The van der Waals surface area contributed by atoms with Crippen molar-refractivity contribution in [2.45, 2.75) is 174 Å². The normalized spacial score (nSPS) is 15.0. The first kappa shape index (κ1) is 104. The van der Waals surface area contributed by atoms with Crippen molar-refractivity contribution in [2.75, 3.05) is 64.7 Å². The molecule has 0 unspecified atom stereocenters. The highest BCUT2D eigenvalue weighted by atomic mass is 28.4. The second kappa shape index (κ2) is 51.2. The summed E-state index contributed by atoms with van der Waals surface area (Å²) in [6.07, 6.45) is -2.26. The number of piperidine rings is 1. The summed E-state index contributed by atoms with van der Waals surface area (Å²) < 4.78 is 165. The number of rotatable bonds is 14. The van der Waals surface area contributed by atoms with E-state index in [1.807, 2.05) is 13.0 Å². The number of nitrogens with two attached hydrogens (primary N) is 1. The van der Waals surface area contributed by atoms with E-state index in [0.29, 0.717) is 92.9 Å². The van der Waals surface area contributed by atoms with Crippen molar-refractivity contribution >= 4 is 54.8 Å². The number of ether oxygens (including phenoxy) is 1. The Bertz CT molecular complexity index is 5570. The van der Waals surface area contributed by atoms with Crippen LogP contribution in [0.25, 0.3) is 16.7 Å². The highest BCUT2D eigenvalue weighted by molar-refractivity contribution is 6.69. The van der Waals surface area contributed by atoms with Gasteiger partial charge in [0.15, 0.2) is 14.1 Å². The van der Waals surface area contributed by atoms with Crippen LogP contribution in [-0.4, -0.2) is 127 Å². The molecule has 4 N–H and O–H groups in total. The summed E-state index contributed by atoms with van der Waals surface area (Å²) in [5.74, 6) is 75.7. The predicted molar refractivity (Wildman–Crippen MR) is 470 cm³/mol. The number of alkyl halides is 12. The molecule has 0 radical (unpaired) electrons. The summed E-state index contributed by atoms with van der Waals surface area (Å²) in [6, 6.07) is 13.5. The Labute approximate surface area is 734 Å². The van der Waals surface area contributed by atoms with Crippen molar-refractivity contribution in [3.8, 4) is 178 Å². The van der Waals surface area contributed by atoms with Crippen LogP contribution >= 0.6 is 0 Å². The van der Waals surface area contributed by atoms with Crippen molar-refractivity contribution in [3.63, 3.8) is 0 Å². The Morgan fingerprint density at radius 2 is 0.811 bits per heavy atom. The third-order valence-corrected chi connectivity index (χ3v) is 19.5. The molecule has 656 valence electrons. The summed E-state index contributed by atoms with van der Waals surface area (Å²) in [5, 5.41) is 44.9. The van der Waals surface area contributed by atoms with Gasteiger partial charge in [-0.3, -0.25) is 35.2 Å². The van der Waals surface area contributed by atoms with Crippen molar-refractivity contribution in [2.24, 2.45) is 0 Å². The molecule has 3 saturated carbocycles. The molecule has 0 aromatic heterocycles.